The number of hydrogen-bond acceptors (Lipinski definition) is 9. The first-order valence-corrected chi connectivity index (χ1v) is 11.9. The topological polar surface area (TPSA) is 138 Å². The maximum atomic E-state index is 10.6. The molecular weight excluding hydrogens is 568 g/mol. The number of anilines is 2. The van der Waals surface area contributed by atoms with Gasteiger partial charge < -0.3 is 29.5 Å². The smallest absolute Gasteiger partial charge is 0.475 e. The number of ether oxygens (including phenoxy) is 2. The number of carboxylic acid groups (broad SMARTS) is 2. The van der Waals surface area contributed by atoms with Crippen molar-refractivity contribution in [2.45, 2.75) is 50.4 Å². The quantitative estimate of drug-likeness (QED) is 0.490. The Morgan fingerprint density at radius 1 is 1.10 bits per heavy atom. The van der Waals surface area contributed by atoms with Gasteiger partial charge in [-0.3, -0.25) is 4.98 Å². The molecule has 0 aromatic carbocycles. The van der Waals surface area contributed by atoms with Gasteiger partial charge in [-0.05, 0) is 25.5 Å². The Kier molecular flexibility index (Phi) is 11.2. The van der Waals surface area contributed by atoms with Crippen molar-refractivity contribution in [3.8, 4) is 0 Å². The molecule has 2 aromatic heterocycles. The lowest BCUT2D eigenvalue weighted by Gasteiger charge is -2.53. The van der Waals surface area contributed by atoms with Crippen LogP contribution in [-0.2, 0) is 25.7 Å². The first-order chi connectivity index (χ1) is 18.9. The van der Waals surface area contributed by atoms with Gasteiger partial charge in [-0.1, -0.05) is 6.07 Å². The fourth-order valence-electron chi connectivity index (χ4n) is 3.79. The highest BCUT2D eigenvalue weighted by atomic mass is 19.4. The highest BCUT2D eigenvalue weighted by Crippen LogP contribution is 2.37. The number of pyridine rings is 1. The molecule has 0 radical (unpaired) electrons. The monoisotopic (exact) mass is 597 g/mol. The van der Waals surface area contributed by atoms with E-state index in [0.717, 1.165) is 55.6 Å². The second kappa shape index (κ2) is 13.8. The Labute approximate surface area is 230 Å². The van der Waals surface area contributed by atoms with Crippen molar-refractivity contribution in [3.05, 3.63) is 42.0 Å². The molecule has 41 heavy (non-hydrogen) atoms. The zero-order valence-corrected chi connectivity index (χ0v) is 22.2. The highest BCUT2D eigenvalue weighted by Gasteiger charge is 2.48. The van der Waals surface area contributed by atoms with Crippen LogP contribution < -0.4 is 9.80 Å². The molecule has 1 atom stereocenters. The van der Waals surface area contributed by atoms with Crippen LogP contribution in [0.5, 0.6) is 0 Å². The molecule has 2 N–H and O–H groups in total. The normalized spacial score (nSPS) is 17.8. The fraction of sp³-hybridized carbons (Fsp3) is 0.542. The average molecular weight is 598 g/mol. The van der Waals surface area contributed by atoms with Gasteiger partial charge in [-0.15, -0.1) is 0 Å². The Morgan fingerprint density at radius 3 is 2.20 bits per heavy atom. The van der Waals surface area contributed by atoms with Crippen molar-refractivity contribution < 1.29 is 55.6 Å². The minimum absolute atomic E-state index is 0.119. The highest BCUT2D eigenvalue weighted by molar-refractivity contribution is 5.73. The second-order valence-corrected chi connectivity index (χ2v) is 9.32. The summed E-state index contributed by atoms with van der Waals surface area (Å²) in [4.78, 5) is 35.3. The number of rotatable bonds is 5. The molecule has 11 nitrogen and oxygen atoms in total. The molecule has 0 aliphatic carbocycles. The van der Waals surface area contributed by atoms with Gasteiger partial charge in [0.25, 0.3) is 0 Å². The van der Waals surface area contributed by atoms with Crippen LogP contribution in [0.4, 0.5) is 38.0 Å². The van der Waals surface area contributed by atoms with E-state index in [0.29, 0.717) is 6.61 Å². The summed E-state index contributed by atoms with van der Waals surface area (Å²) in [7, 11) is 3.97. The van der Waals surface area contributed by atoms with Crippen LogP contribution in [0.2, 0.25) is 0 Å². The Balaban J connectivity index is 0.000000349. The van der Waals surface area contributed by atoms with Crippen LogP contribution in [0.1, 0.15) is 24.2 Å². The van der Waals surface area contributed by atoms with Gasteiger partial charge in [-0.25, -0.2) is 19.6 Å². The summed E-state index contributed by atoms with van der Waals surface area (Å²) in [6, 6.07) is 8.07. The number of carbonyl (C=O) groups is 2. The summed E-state index contributed by atoms with van der Waals surface area (Å²) < 4.78 is 75.8. The zero-order chi connectivity index (χ0) is 31.0. The van der Waals surface area contributed by atoms with Gasteiger partial charge in [-0.2, -0.15) is 26.3 Å². The molecule has 2 aliphatic rings. The maximum Gasteiger partial charge on any atom is 0.490 e. The Bertz CT molecular complexity index is 1150. The van der Waals surface area contributed by atoms with Crippen LogP contribution in [0.25, 0.3) is 0 Å². The van der Waals surface area contributed by atoms with Crippen molar-refractivity contribution in [1.29, 1.82) is 0 Å². The number of hydrogen-bond donors (Lipinski definition) is 2. The van der Waals surface area contributed by atoms with Crippen LogP contribution >= 0.6 is 0 Å². The van der Waals surface area contributed by atoms with E-state index in [1.165, 1.54) is 0 Å². The lowest BCUT2D eigenvalue weighted by molar-refractivity contribution is -0.193. The van der Waals surface area contributed by atoms with Crippen molar-refractivity contribution in [1.82, 2.24) is 15.0 Å². The molecule has 1 unspecified atom stereocenters. The lowest BCUT2D eigenvalue weighted by atomic mass is 9.84. The van der Waals surface area contributed by atoms with Gasteiger partial charge >= 0.3 is 24.3 Å². The zero-order valence-electron chi connectivity index (χ0n) is 22.2. The molecule has 4 rings (SSSR count). The molecule has 228 valence electrons. The number of aliphatic carboxylic acids is 2. The summed E-state index contributed by atoms with van der Waals surface area (Å²) in [6.07, 6.45) is -6.48. The largest absolute Gasteiger partial charge is 0.490 e. The van der Waals surface area contributed by atoms with Gasteiger partial charge in [0.05, 0.1) is 31.5 Å². The summed E-state index contributed by atoms with van der Waals surface area (Å²) in [6.45, 7) is 5.00. The molecule has 17 heteroatoms. The fourth-order valence-corrected chi connectivity index (χ4v) is 3.79. The molecular formula is C24H29F6N5O6. The third-order valence-electron chi connectivity index (χ3n) is 5.72. The summed E-state index contributed by atoms with van der Waals surface area (Å²) in [5.74, 6) is -3.65. The average Bonchev–Trinajstić information content (AvgIpc) is 2.86. The summed E-state index contributed by atoms with van der Waals surface area (Å²) in [5.41, 5.74) is 1.89. The number of carboxylic acids is 2. The van der Waals surface area contributed by atoms with Crippen LogP contribution in [0, 0.1) is 6.92 Å². The van der Waals surface area contributed by atoms with Crippen LogP contribution in [0.3, 0.4) is 0 Å². The van der Waals surface area contributed by atoms with Crippen LogP contribution in [0.15, 0.2) is 30.6 Å². The molecule has 2 aliphatic heterocycles. The molecule has 0 amide bonds. The molecule has 2 saturated heterocycles. The van der Waals surface area contributed by atoms with Gasteiger partial charge in [0.15, 0.2) is 0 Å². The third-order valence-corrected chi connectivity index (χ3v) is 5.72. The minimum Gasteiger partial charge on any atom is -0.475 e. The predicted molar refractivity (Wildman–Crippen MR) is 131 cm³/mol. The van der Waals surface area contributed by atoms with E-state index in [2.05, 4.69) is 19.9 Å². The molecule has 4 heterocycles. The van der Waals surface area contributed by atoms with Crippen molar-refractivity contribution in [2.24, 2.45) is 0 Å². The molecule has 0 saturated carbocycles. The SMILES string of the molecule is Cc1cccc(COC2CCOC3(C2)CN(c2cc(N(C)C)ncn2)C3)n1.O=C(O)C(F)(F)F.O=C(O)C(F)(F)F. The van der Waals surface area contributed by atoms with E-state index in [1.54, 1.807) is 6.33 Å². The lowest BCUT2D eigenvalue weighted by Crippen LogP contribution is -2.66. The van der Waals surface area contributed by atoms with Gasteiger partial charge in [0.1, 0.15) is 23.6 Å². The first kappa shape index (κ1) is 33.5. The molecule has 2 aromatic rings. The van der Waals surface area contributed by atoms with Crippen molar-refractivity contribution in [3.63, 3.8) is 0 Å². The number of aromatic nitrogens is 3. The van der Waals surface area contributed by atoms with Crippen molar-refractivity contribution in [2.75, 3.05) is 43.6 Å². The van der Waals surface area contributed by atoms with E-state index in [-0.39, 0.29) is 11.7 Å². The van der Waals surface area contributed by atoms with E-state index >= 15 is 0 Å². The minimum atomic E-state index is -5.08. The second-order valence-electron chi connectivity index (χ2n) is 9.32. The van der Waals surface area contributed by atoms with E-state index in [1.807, 2.05) is 50.2 Å². The molecule has 0 bridgehead atoms. The summed E-state index contributed by atoms with van der Waals surface area (Å²) >= 11 is 0. The van der Waals surface area contributed by atoms with E-state index in [4.69, 9.17) is 29.3 Å². The molecule has 1 spiro atoms. The predicted octanol–water partition coefficient (Wildman–Crippen LogP) is 3.47. The van der Waals surface area contributed by atoms with E-state index in [9.17, 15) is 26.3 Å². The Hall–Kier alpha value is -3.73. The maximum absolute atomic E-state index is 10.6. The Morgan fingerprint density at radius 2 is 1.68 bits per heavy atom. The number of nitrogens with zero attached hydrogens (tertiary/aromatic N) is 5. The van der Waals surface area contributed by atoms with Crippen molar-refractivity contribution >= 4 is 23.6 Å². The summed E-state index contributed by atoms with van der Waals surface area (Å²) in [5, 5.41) is 14.2. The first-order valence-electron chi connectivity index (χ1n) is 11.9. The van der Waals surface area contributed by atoms with Gasteiger partial charge in [0, 0.05) is 38.9 Å². The molecule has 2 fully saturated rings. The van der Waals surface area contributed by atoms with E-state index < -0.39 is 24.3 Å². The van der Waals surface area contributed by atoms with Crippen LogP contribution in [-0.4, -0.2) is 95.0 Å². The standard InChI is InChI=1S/C20H27N5O2.2C2HF3O2/c1-15-5-4-6-16(23-15)11-26-17-7-8-27-20(10-17)12-25(13-20)19-9-18(24(2)3)21-14-22-19;2*3-2(4,5)1(6)7/h4-6,9,14,17H,7-8,10-13H2,1-3H3;2*(H,6,7). The number of aryl methyl sites for hydroxylation is 1. The number of alkyl halides is 6. The number of halogens is 6. The third kappa shape index (κ3) is 10.6. The van der Waals surface area contributed by atoms with Gasteiger partial charge in [0.2, 0.25) is 0 Å².